The van der Waals surface area contributed by atoms with Gasteiger partial charge in [-0.2, -0.15) is 0 Å². The second-order valence-corrected chi connectivity index (χ2v) is 6.22. The summed E-state index contributed by atoms with van der Waals surface area (Å²) in [5.74, 6) is 0.455. The largest absolute Gasteiger partial charge is 0.497 e. The van der Waals surface area contributed by atoms with Crippen LogP contribution in [0.4, 0.5) is 4.39 Å². The quantitative estimate of drug-likeness (QED) is 0.786. The lowest BCUT2D eigenvalue weighted by Gasteiger charge is -2.26. The monoisotopic (exact) mass is 360 g/mol. The predicted molar refractivity (Wildman–Crippen MR) is 98.9 cm³/mol. The molecule has 5 nitrogen and oxygen atoms in total. The maximum absolute atomic E-state index is 13.2. The van der Waals surface area contributed by atoms with Crippen molar-refractivity contribution in [2.75, 3.05) is 27.7 Å². The van der Waals surface area contributed by atoms with Crippen molar-refractivity contribution in [3.05, 3.63) is 59.9 Å². The van der Waals surface area contributed by atoms with Gasteiger partial charge in [0.15, 0.2) is 6.10 Å². The molecule has 6 heteroatoms. The number of nitrogens with one attached hydrogen (secondary N) is 1. The first-order chi connectivity index (χ1) is 12.4. The van der Waals surface area contributed by atoms with Crippen LogP contribution in [0.25, 0.3) is 0 Å². The summed E-state index contributed by atoms with van der Waals surface area (Å²) in [5, 5.41) is 2.90. The van der Waals surface area contributed by atoms with Gasteiger partial charge in [0, 0.05) is 12.6 Å². The summed E-state index contributed by atoms with van der Waals surface area (Å²) in [6.45, 7) is 2.06. The standard InChI is InChI=1S/C20H25FN2O3/c1-14(26-18-7-5-6-16(21)12-18)20(24)22-13-19(23(2)3)15-8-10-17(25-4)11-9-15/h5-12,14,19H,13H2,1-4H3,(H,22,24). The molecule has 26 heavy (non-hydrogen) atoms. The van der Waals surface area contributed by atoms with Crippen molar-refractivity contribution in [2.24, 2.45) is 0 Å². The van der Waals surface area contributed by atoms with Gasteiger partial charge in [0.25, 0.3) is 5.91 Å². The Morgan fingerprint density at radius 3 is 2.42 bits per heavy atom. The van der Waals surface area contributed by atoms with Crippen LogP contribution >= 0.6 is 0 Å². The Morgan fingerprint density at radius 2 is 1.85 bits per heavy atom. The number of halogens is 1. The van der Waals surface area contributed by atoms with Gasteiger partial charge in [-0.3, -0.25) is 4.79 Å². The summed E-state index contributed by atoms with van der Waals surface area (Å²) in [6.07, 6.45) is -0.726. The Morgan fingerprint density at radius 1 is 1.15 bits per heavy atom. The number of benzene rings is 2. The van der Waals surface area contributed by atoms with Crippen molar-refractivity contribution in [3.8, 4) is 11.5 Å². The molecule has 0 aliphatic carbocycles. The van der Waals surface area contributed by atoms with E-state index >= 15 is 0 Å². The van der Waals surface area contributed by atoms with Crippen LogP contribution in [0.15, 0.2) is 48.5 Å². The van der Waals surface area contributed by atoms with Crippen molar-refractivity contribution in [1.82, 2.24) is 10.2 Å². The smallest absolute Gasteiger partial charge is 0.260 e. The van der Waals surface area contributed by atoms with Crippen molar-refractivity contribution in [2.45, 2.75) is 19.1 Å². The fraction of sp³-hybridized carbons (Fsp3) is 0.350. The maximum atomic E-state index is 13.2. The molecule has 0 spiro atoms. The van der Waals surface area contributed by atoms with Crippen molar-refractivity contribution in [1.29, 1.82) is 0 Å². The highest BCUT2D eigenvalue weighted by Crippen LogP contribution is 2.21. The lowest BCUT2D eigenvalue weighted by Crippen LogP contribution is -2.41. The molecule has 0 aromatic heterocycles. The Balaban J connectivity index is 1.95. The number of hydrogen-bond acceptors (Lipinski definition) is 4. The Hall–Kier alpha value is -2.60. The molecular weight excluding hydrogens is 335 g/mol. The van der Waals surface area contributed by atoms with Gasteiger partial charge in [0.2, 0.25) is 0 Å². The molecule has 2 atom stereocenters. The molecule has 0 aliphatic rings. The molecule has 2 aromatic carbocycles. The fourth-order valence-corrected chi connectivity index (χ4v) is 2.56. The van der Waals surface area contributed by atoms with Crippen LogP contribution in [-0.4, -0.2) is 44.7 Å². The van der Waals surface area contributed by atoms with Crippen molar-refractivity contribution >= 4 is 5.91 Å². The lowest BCUT2D eigenvalue weighted by atomic mass is 10.1. The number of ether oxygens (including phenoxy) is 2. The average Bonchev–Trinajstić information content (AvgIpc) is 2.62. The number of likely N-dealkylation sites (N-methyl/N-ethyl adjacent to an activating group) is 1. The SMILES string of the molecule is COc1ccc(C(CNC(=O)C(C)Oc2cccc(F)c2)N(C)C)cc1. The van der Waals surface area contributed by atoms with Gasteiger partial charge in [0.05, 0.1) is 13.2 Å². The van der Waals surface area contributed by atoms with E-state index in [0.717, 1.165) is 11.3 Å². The molecular formula is C20H25FN2O3. The highest BCUT2D eigenvalue weighted by molar-refractivity contribution is 5.80. The van der Waals surface area contributed by atoms with E-state index in [0.29, 0.717) is 12.3 Å². The summed E-state index contributed by atoms with van der Waals surface area (Å²) in [7, 11) is 5.53. The van der Waals surface area contributed by atoms with E-state index in [-0.39, 0.29) is 11.9 Å². The highest BCUT2D eigenvalue weighted by atomic mass is 19.1. The van der Waals surface area contributed by atoms with Crippen LogP contribution in [0.3, 0.4) is 0 Å². The molecule has 2 unspecified atom stereocenters. The minimum absolute atomic E-state index is 0.00576. The van der Waals surface area contributed by atoms with E-state index in [4.69, 9.17) is 9.47 Å². The first-order valence-electron chi connectivity index (χ1n) is 8.41. The van der Waals surface area contributed by atoms with E-state index in [9.17, 15) is 9.18 Å². The van der Waals surface area contributed by atoms with Crippen molar-refractivity contribution in [3.63, 3.8) is 0 Å². The molecule has 1 amide bonds. The molecule has 2 rings (SSSR count). The number of nitrogens with zero attached hydrogens (tertiary/aromatic N) is 1. The number of rotatable bonds is 8. The summed E-state index contributed by atoms with van der Waals surface area (Å²) in [5.41, 5.74) is 1.06. The van der Waals surface area contributed by atoms with Gasteiger partial charge >= 0.3 is 0 Å². The molecule has 140 valence electrons. The molecule has 0 fully saturated rings. The number of hydrogen-bond donors (Lipinski definition) is 1. The van der Waals surface area contributed by atoms with E-state index in [1.807, 2.05) is 43.3 Å². The molecule has 0 saturated heterocycles. The third-order valence-electron chi connectivity index (χ3n) is 4.07. The van der Waals surface area contributed by atoms with Crippen LogP contribution in [0, 0.1) is 5.82 Å². The first kappa shape index (κ1) is 19.7. The summed E-state index contributed by atoms with van der Waals surface area (Å²) in [6, 6.07) is 13.5. The molecule has 2 aromatic rings. The second-order valence-electron chi connectivity index (χ2n) is 6.22. The summed E-state index contributed by atoms with van der Waals surface area (Å²) < 4.78 is 23.9. The van der Waals surface area contributed by atoms with E-state index in [1.54, 1.807) is 26.2 Å². The second kappa shape index (κ2) is 9.20. The Labute approximate surface area is 153 Å². The highest BCUT2D eigenvalue weighted by Gasteiger charge is 2.19. The molecule has 1 N–H and O–H groups in total. The number of methoxy groups -OCH3 is 1. The van der Waals surface area contributed by atoms with E-state index < -0.39 is 11.9 Å². The van der Waals surface area contributed by atoms with Crippen LogP contribution in [0.5, 0.6) is 11.5 Å². The van der Waals surface area contributed by atoms with E-state index in [2.05, 4.69) is 5.32 Å². The van der Waals surface area contributed by atoms with Crippen molar-refractivity contribution < 1.29 is 18.7 Å². The minimum atomic E-state index is -0.726. The van der Waals surface area contributed by atoms with Crippen LogP contribution < -0.4 is 14.8 Å². The fourth-order valence-electron chi connectivity index (χ4n) is 2.56. The molecule has 0 saturated carbocycles. The summed E-state index contributed by atoms with van der Waals surface area (Å²) in [4.78, 5) is 14.4. The lowest BCUT2D eigenvalue weighted by molar-refractivity contribution is -0.127. The predicted octanol–water partition coefficient (Wildman–Crippen LogP) is 3.02. The third kappa shape index (κ3) is 5.46. The maximum Gasteiger partial charge on any atom is 0.260 e. The average molecular weight is 360 g/mol. The van der Waals surface area contributed by atoms with Gasteiger partial charge in [0.1, 0.15) is 17.3 Å². The normalized spacial score (nSPS) is 13.2. The molecule has 0 radical (unpaired) electrons. The van der Waals surface area contributed by atoms with E-state index in [1.165, 1.54) is 12.1 Å². The number of carbonyl (C=O) groups excluding carboxylic acids is 1. The number of amides is 1. The van der Waals surface area contributed by atoms with Crippen LogP contribution in [-0.2, 0) is 4.79 Å². The summed E-state index contributed by atoms with van der Waals surface area (Å²) >= 11 is 0. The zero-order valence-corrected chi connectivity index (χ0v) is 15.5. The van der Waals surface area contributed by atoms with Crippen LogP contribution in [0.1, 0.15) is 18.5 Å². The third-order valence-corrected chi connectivity index (χ3v) is 4.07. The van der Waals surface area contributed by atoms with Gasteiger partial charge in [-0.25, -0.2) is 4.39 Å². The topological polar surface area (TPSA) is 50.8 Å². The van der Waals surface area contributed by atoms with Gasteiger partial charge < -0.3 is 19.7 Å². The molecule has 0 bridgehead atoms. The zero-order valence-electron chi connectivity index (χ0n) is 15.5. The Bertz CT molecular complexity index is 719. The molecule has 0 heterocycles. The Kier molecular flexibility index (Phi) is 6.97. The van der Waals surface area contributed by atoms with Gasteiger partial charge in [-0.15, -0.1) is 0 Å². The van der Waals surface area contributed by atoms with Gasteiger partial charge in [-0.05, 0) is 50.8 Å². The number of carbonyl (C=O) groups is 1. The molecule has 0 aliphatic heterocycles. The van der Waals surface area contributed by atoms with Crippen LogP contribution in [0.2, 0.25) is 0 Å². The van der Waals surface area contributed by atoms with Gasteiger partial charge in [-0.1, -0.05) is 18.2 Å². The zero-order chi connectivity index (χ0) is 19.1. The minimum Gasteiger partial charge on any atom is -0.497 e. The first-order valence-corrected chi connectivity index (χ1v) is 8.41.